The van der Waals surface area contributed by atoms with Crippen LogP contribution in [-0.2, 0) is 32.7 Å². The maximum atomic E-state index is 11.7. The molecule has 0 bridgehead atoms. The van der Waals surface area contributed by atoms with Crippen LogP contribution in [0.3, 0.4) is 0 Å². The van der Waals surface area contributed by atoms with E-state index in [0.717, 1.165) is 25.0 Å². The van der Waals surface area contributed by atoms with Gasteiger partial charge in [-0.05, 0) is 38.9 Å². The van der Waals surface area contributed by atoms with E-state index < -0.39 is 32.6 Å². The lowest BCUT2D eigenvalue weighted by atomic mass is 10.2. The van der Waals surface area contributed by atoms with Gasteiger partial charge < -0.3 is 9.47 Å². The number of unbranched alkanes of at least 4 members (excludes halogenated alkanes) is 2. The molecule has 0 spiro atoms. The Morgan fingerprint density at radius 3 is 2.26 bits per heavy atom. The van der Waals surface area contributed by atoms with Gasteiger partial charge in [0, 0.05) is 16.9 Å². The Morgan fingerprint density at radius 1 is 1.04 bits per heavy atom. The molecule has 0 aliphatic heterocycles. The van der Waals surface area contributed by atoms with E-state index >= 15 is 0 Å². The van der Waals surface area contributed by atoms with E-state index in [0.29, 0.717) is 12.2 Å². The summed E-state index contributed by atoms with van der Waals surface area (Å²) in [5.41, 5.74) is 0.562. The first-order valence-corrected chi connectivity index (χ1v) is 11.2. The monoisotopic (exact) mass is 436 g/mol. The summed E-state index contributed by atoms with van der Waals surface area (Å²) in [6.07, 6.45) is 2.63. The second-order valence-electron chi connectivity index (χ2n) is 5.85. The van der Waals surface area contributed by atoms with Crippen LogP contribution in [0.2, 0.25) is 0 Å². The highest BCUT2D eigenvalue weighted by Gasteiger charge is 2.18. The van der Waals surface area contributed by atoms with E-state index in [1.54, 1.807) is 25.6 Å². The van der Waals surface area contributed by atoms with Crippen molar-refractivity contribution < 1.29 is 32.7 Å². The molecule has 0 saturated carbocycles. The van der Waals surface area contributed by atoms with Crippen LogP contribution in [0.1, 0.15) is 39.5 Å². The topological polar surface area (TPSA) is 96.0 Å². The lowest BCUT2D eigenvalue weighted by molar-refractivity contribution is -0.152. The first kappa shape index (κ1) is 25.9. The fraction of sp³-hybridized carbons (Fsp3) is 0.647. The standard InChI is InChI=1S/C17H26O7P2S/c1-12(2)16(18)22-10-14(23-17(19)13(3)4)11-27-9-7-5-6-8-15(25-20)24-26-21/h14-15H,1,3,5-11H2,2,4H3. The van der Waals surface area contributed by atoms with Crippen LogP contribution in [0.25, 0.3) is 0 Å². The molecule has 27 heavy (non-hydrogen) atoms. The number of hydrogen-bond acceptors (Lipinski definition) is 8. The van der Waals surface area contributed by atoms with Crippen molar-refractivity contribution in [1.29, 1.82) is 0 Å². The van der Waals surface area contributed by atoms with Crippen LogP contribution in [0.15, 0.2) is 24.3 Å². The maximum absolute atomic E-state index is 11.7. The fourth-order valence-electron chi connectivity index (χ4n) is 1.75. The van der Waals surface area contributed by atoms with Crippen LogP contribution >= 0.6 is 28.9 Å². The van der Waals surface area contributed by atoms with Gasteiger partial charge in [-0.25, -0.2) is 14.2 Å². The molecule has 7 nitrogen and oxygen atoms in total. The van der Waals surface area contributed by atoms with E-state index in [9.17, 15) is 18.7 Å². The van der Waals surface area contributed by atoms with Crippen molar-refractivity contribution in [1.82, 2.24) is 0 Å². The summed E-state index contributed by atoms with van der Waals surface area (Å²) in [5.74, 6) is -0.264. The van der Waals surface area contributed by atoms with Gasteiger partial charge in [0.15, 0.2) is 14.3 Å². The summed E-state index contributed by atoms with van der Waals surface area (Å²) in [4.78, 5) is 23.2. The predicted molar refractivity (Wildman–Crippen MR) is 106 cm³/mol. The molecule has 0 aromatic carbocycles. The van der Waals surface area contributed by atoms with Crippen LogP contribution in [0.4, 0.5) is 0 Å². The molecule has 0 saturated heterocycles. The van der Waals surface area contributed by atoms with Gasteiger partial charge in [-0.3, -0.25) is 9.09 Å². The summed E-state index contributed by atoms with van der Waals surface area (Å²) in [6.45, 7) is 10.1. The Bertz CT molecular complexity index is 539. The number of esters is 2. The van der Waals surface area contributed by atoms with E-state index in [-0.39, 0.29) is 26.2 Å². The molecule has 0 amide bonds. The zero-order chi connectivity index (χ0) is 20.7. The van der Waals surface area contributed by atoms with Gasteiger partial charge in [0.05, 0.1) is 0 Å². The predicted octanol–water partition coefficient (Wildman–Crippen LogP) is 4.73. The minimum atomic E-state index is -0.560. The van der Waals surface area contributed by atoms with Crippen LogP contribution < -0.4 is 0 Å². The van der Waals surface area contributed by atoms with E-state index in [2.05, 4.69) is 13.2 Å². The highest BCUT2D eigenvalue weighted by molar-refractivity contribution is 7.99. The Hall–Kier alpha value is -1.07. The van der Waals surface area contributed by atoms with Crippen molar-refractivity contribution >= 4 is 40.8 Å². The number of hydrogen-bond donors (Lipinski definition) is 0. The van der Waals surface area contributed by atoms with Crippen LogP contribution in [0, 0.1) is 0 Å². The molecule has 0 aromatic rings. The fourth-order valence-corrected chi connectivity index (χ4v) is 3.51. The summed E-state index contributed by atoms with van der Waals surface area (Å²) in [6, 6.07) is 0. The lowest BCUT2D eigenvalue weighted by Gasteiger charge is -2.18. The summed E-state index contributed by atoms with van der Waals surface area (Å²) in [7, 11) is -0.633. The average molecular weight is 436 g/mol. The molecule has 10 heteroatoms. The van der Waals surface area contributed by atoms with E-state index in [1.807, 2.05) is 0 Å². The molecule has 0 rings (SSSR count). The third kappa shape index (κ3) is 13.7. The molecular formula is C17H26O7P2S. The Kier molecular flexibility index (Phi) is 15.3. The quantitative estimate of drug-likeness (QED) is 0.148. The third-order valence-electron chi connectivity index (χ3n) is 3.20. The van der Waals surface area contributed by atoms with E-state index in [1.165, 1.54) is 0 Å². The molecule has 2 atom stereocenters. The van der Waals surface area contributed by atoms with Gasteiger partial charge in [0.25, 0.3) is 0 Å². The summed E-state index contributed by atoms with van der Waals surface area (Å²) < 4.78 is 36.2. The SMILES string of the molecule is C=C(C)C(=O)OCC(CSCCCCCC(OP=O)P=O)OC(=O)C(=C)C. The minimum absolute atomic E-state index is 0.0340. The number of carbonyl (C=O) groups excluding carboxylic acids is 2. The lowest BCUT2D eigenvalue weighted by Crippen LogP contribution is -2.28. The van der Waals surface area contributed by atoms with Gasteiger partial charge in [-0.2, -0.15) is 11.8 Å². The molecule has 0 fully saturated rings. The number of carbonyl (C=O) groups is 2. The number of ether oxygens (including phenoxy) is 2. The van der Waals surface area contributed by atoms with Gasteiger partial charge in [-0.15, -0.1) is 0 Å². The molecule has 0 aromatic heterocycles. The van der Waals surface area contributed by atoms with Crippen molar-refractivity contribution in [3.8, 4) is 0 Å². The normalized spacial score (nSPS) is 13.1. The van der Waals surface area contributed by atoms with Crippen LogP contribution in [0.5, 0.6) is 0 Å². The molecule has 0 aliphatic carbocycles. The van der Waals surface area contributed by atoms with Gasteiger partial charge in [-0.1, -0.05) is 19.6 Å². The Balaban J connectivity index is 4.16. The smallest absolute Gasteiger partial charge is 0.333 e. The Labute approximate surface area is 167 Å². The third-order valence-corrected chi connectivity index (χ3v) is 5.49. The molecule has 0 radical (unpaired) electrons. The first-order valence-electron chi connectivity index (χ1n) is 8.39. The van der Waals surface area contributed by atoms with Crippen molar-refractivity contribution in [2.75, 3.05) is 18.1 Å². The van der Waals surface area contributed by atoms with E-state index in [4.69, 9.17) is 14.0 Å². The highest BCUT2D eigenvalue weighted by atomic mass is 32.2. The second kappa shape index (κ2) is 15.9. The summed E-state index contributed by atoms with van der Waals surface area (Å²) in [5, 5.41) is 0. The Morgan fingerprint density at radius 2 is 1.70 bits per heavy atom. The molecule has 0 N–H and O–H groups in total. The van der Waals surface area contributed by atoms with Crippen molar-refractivity contribution in [2.45, 2.75) is 51.5 Å². The second-order valence-corrected chi connectivity index (χ2v) is 8.15. The number of thioether (sulfide) groups is 1. The van der Waals surface area contributed by atoms with Gasteiger partial charge in [0.1, 0.15) is 12.7 Å². The summed E-state index contributed by atoms with van der Waals surface area (Å²) >= 11 is 1.58. The van der Waals surface area contributed by atoms with Crippen molar-refractivity contribution in [2.24, 2.45) is 0 Å². The molecule has 2 unspecified atom stereocenters. The van der Waals surface area contributed by atoms with Gasteiger partial charge >= 0.3 is 20.6 Å². The molecular weight excluding hydrogens is 410 g/mol. The zero-order valence-electron chi connectivity index (χ0n) is 15.7. The maximum Gasteiger partial charge on any atom is 0.333 e. The minimum Gasteiger partial charge on any atom is -0.458 e. The van der Waals surface area contributed by atoms with Crippen molar-refractivity contribution in [3.63, 3.8) is 0 Å². The van der Waals surface area contributed by atoms with Gasteiger partial charge in [0.2, 0.25) is 0 Å². The molecule has 0 heterocycles. The number of rotatable bonds is 16. The van der Waals surface area contributed by atoms with Crippen molar-refractivity contribution in [3.05, 3.63) is 24.3 Å². The highest BCUT2D eigenvalue weighted by Crippen LogP contribution is 2.21. The molecule has 152 valence electrons. The van der Waals surface area contributed by atoms with Crippen LogP contribution in [-0.4, -0.2) is 42.0 Å². The zero-order valence-corrected chi connectivity index (χ0v) is 18.3. The first-order chi connectivity index (χ1) is 12.8. The largest absolute Gasteiger partial charge is 0.458 e. The average Bonchev–Trinajstić information content (AvgIpc) is 2.63. The molecule has 0 aliphatic rings.